The quantitative estimate of drug-likeness (QED) is 0.0222. The third kappa shape index (κ3) is 79.3. The van der Waals surface area contributed by atoms with Crippen LogP contribution >= 0.6 is 15.6 Å². The molecule has 108 heavy (non-hydrogen) atoms. The van der Waals surface area contributed by atoms with Gasteiger partial charge in [-0.05, 0) is 49.4 Å². The fourth-order valence-electron chi connectivity index (χ4n) is 13.8. The van der Waals surface area contributed by atoms with E-state index in [1.807, 2.05) is 0 Å². The van der Waals surface area contributed by atoms with Crippen molar-refractivity contribution in [1.82, 2.24) is 0 Å². The van der Waals surface area contributed by atoms with Crippen LogP contribution in [0.4, 0.5) is 0 Å². The third-order valence-corrected chi connectivity index (χ3v) is 23.4. The topological polar surface area (TPSA) is 237 Å². The minimum atomic E-state index is -4.97. The van der Waals surface area contributed by atoms with Gasteiger partial charge in [0.05, 0.1) is 26.4 Å². The predicted molar refractivity (Wildman–Crippen MR) is 446 cm³/mol. The minimum absolute atomic E-state index is 0.107. The van der Waals surface area contributed by atoms with E-state index >= 15 is 0 Å². The standard InChI is InChI=1S/C89H174O17P2/c1-9-81(7)67-59-51-43-35-29-23-19-15-11-13-17-21-25-31-37-45-53-61-69-86(91)99-75-84(105-89(94)72-64-56-47-39-33-27-28-34-41-49-57-65-79(3)4)77-103-107(95,96)101-73-83(90)74-102-108(97,98)104-78-85(76-100-87(92)70-62-54-48-40-42-50-58-66-80(5)6)106-88(93)71-63-55-46-38-32-26-22-18-14-12-16-20-24-30-36-44-52-60-68-82(8)10-2/h79-85,90H,9-78H2,1-8H3,(H,95,96)(H,97,98)/t81?,82?,83?,84-,85-/m1/s1. The highest BCUT2D eigenvalue weighted by molar-refractivity contribution is 7.47. The van der Waals surface area contributed by atoms with E-state index in [0.29, 0.717) is 31.6 Å². The van der Waals surface area contributed by atoms with Crippen LogP contribution in [0.5, 0.6) is 0 Å². The second kappa shape index (κ2) is 77.6. The summed E-state index contributed by atoms with van der Waals surface area (Å²) in [5.41, 5.74) is 0. The van der Waals surface area contributed by atoms with E-state index in [2.05, 4.69) is 55.4 Å². The second-order valence-corrected chi connectivity index (χ2v) is 36.3. The number of hydrogen-bond acceptors (Lipinski definition) is 15. The summed E-state index contributed by atoms with van der Waals surface area (Å²) in [6, 6.07) is 0. The van der Waals surface area contributed by atoms with Crippen molar-refractivity contribution in [2.24, 2.45) is 23.7 Å². The molecule has 0 aliphatic carbocycles. The summed E-state index contributed by atoms with van der Waals surface area (Å²) >= 11 is 0. The van der Waals surface area contributed by atoms with Crippen LogP contribution in [0.15, 0.2) is 0 Å². The van der Waals surface area contributed by atoms with Gasteiger partial charge < -0.3 is 33.8 Å². The van der Waals surface area contributed by atoms with Crippen molar-refractivity contribution in [3.63, 3.8) is 0 Å². The molecule has 0 aliphatic rings. The Hall–Kier alpha value is -1.94. The Labute approximate surface area is 664 Å². The lowest BCUT2D eigenvalue weighted by molar-refractivity contribution is -0.161. The van der Waals surface area contributed by atoms with Crippen LogP contribution in [-0.2, 0) is 65.4 Å². The van der Waals surface area contributed by atoms with E-state index in [1.54, 1.807) is 0 Å². The summed E-state index contributed by atoms with van der Waals surface area (Å²) in [6.45, 7) is 14.4. The summed E-state index contributed by atoms with van der Waals surface area (Å²) in [6.07, 6.45) is 68.2. The van der Waals surface area contributed by atoms with Crippen molar-refractivity contribution >= 4 is 39.5 Å². The number of carbonyl (C=O) groups excluding carboxylic acids is 4. The van der Waals surface area contributed by atoms with Gasteiger partial charge in [0.2, 0.25) is 0 Å². The molecule has 0 aromatic rings. The number of aliphatic hydroxyl groups excluding tert-OH is 1. The summed E-state index contributed by atoms with van der Waals surface area (Å²) in [5, 5.41) is 10.7. The van der Waals surface area contributed by atoms with E-state index in [0.717, 1.165) is 114 Å². The molecule has 0 rings (SSSR count). The fraction of sp³-hybridized carbons (Fsp3) is 0.955. The van der Waals surface area contributed by atoms with Crippen LogP contribution in [0, 0.1) is 23.7 Å². The number of unbranched alkanes of at least 4 members (excludes halogenated alkanes) is 50. The van der Waals surface area contributed by atoms with Crippen LogP contribution < -0.4 is 0 Å². The number of phosphoric ester groups is 2. The van der Waals surface area contributed by atoms with Crippen LogP contribution in [0.25, 0.3) is 0 Å². The van der Waals surface area contributed by atoms with Crippen LogP contribution in [-0.4, -0.2) is 96.7 Å². The predicted octanol–water partition coefficient (Wildman–Crippen LogP) is 27.1. The Balaban J connectivity index is 5.16. The first-order valence-electron chi connectivity index (χ1n) is 45.8. The summed E-state index contributed by atoms with van der Waals surface area (Å²) in [7, 11) is -9.93. The van der Waals surface area contributed by atoms with Gasteiger partial charge in [0.15, 0.2) is 12.2 Å². The van der Waals surface area contributed by atoms with Crippen molar-refractivity contribution in [2.75, 3.05) is 39.6 Å². The minimum Gasteiger partial charge on any atom is -0.462 e. The molecular formula is C89H174O17P2. The molecule has 0 saturated carbocycles. The number of esters is 4. The highest BCUT2D eigenvalue weighted by atomic mass is 31.2. The lowest BCUT2D eigenvalue weighted by atomic mass is 9.99. The zero-order valence-electron chi connectivity index (χ0n) is 71.5. The van der Waals surface area contributed by atoms with Crippen molar-refractivity contribution in [1.29, 1.82) is 0 Å². The third-order valence-electron chi connectivity index (χ3n) is 21.5. The van der Waals surface area contributed by atoms with Gasteiger partial charge in [-0.1, -0.05) is 415 Å². The normalized spacial score (nSPS) is 14.4. The summed E-state index contributed by atoms with van der Waals surface area (Å²) in [5.74, 6) is 1.11. The molecule has 0 aliphatic heterocycles. The highest BCUT2D eigenvalue weighted by Crippen LogP contribution is 2.45. The van der Waals surface area contributed by atoms with Gasteiger partial charge in [-0.2, -0.15) is 0 Å². The Kier molecular flexibility index (Phi) is 76.2. The lowest BCUT2D eigenvalue weighted by Crippen LogP contribution is -2.30. The fourth-order valence-corrected chi connectivity index (χ4v) is 15.4. The average Bonchev–Trinajstić information content (AvgIpc) is 0.907. The maximum atomic E-state index is 13.1. The van der Waals surface area contributed by atoms with Gasteiger partial charge in [0.25, 0.3) is 0 Å². The second-order valence-electron chi connectivity index (χ2n) is 33.4. The van der Waals surface area contributed by atoms with Crippen molar-refractivity contribution < 1.29 is 80.2 Å². The molecule has 5 unspecified atom stereocenters. The molecule has 0 aromatic carbocycles. The van der Waals surface area contributed by atoms with Crippen molar-refractivity contribution in [3.05, 3.63) is 0 Å². The molecule has 0 bridgehead atoms. The van der Waals surface area contributed by atoms with Crippen molar-refractivity contribution in [2.45, 2.75) is 485 Å². The molecule has 17 nitrogen and oxygen atoms in total. The Morgan fingerprint density at radius 1 is 0.259 bits per heavy atom. The maximum Gasteiger partial charge on any atom is 0.472 e. The molecule has 0 aromatic heterocycles. The molecule has 0 fully saturated rings. The Morgan fingerprint density at radius 3 is 0.657 bits per heavy atom. The van der Waals surface area contributed by atoms with E-state index in [4.69, 9.17) is 37.0 Å². The molecule has 3 N–H and O–H groups in total. The molecule has 642 valence electrons. The largest absolute Gasteiger partial charge is 0.472 e. The maximum absolute atomic E-state index is 13.1. The number of ether oxygens (including phenoxy) is 4. The lowest BCUT2D eigenvalue weighted by Gasteiger charge is -2.21. The first kappa shape index (κ1) is 106. The van der Waals surface area contributed by atoms with Gasteiger partial charge in [0, 0.05) is 25.7 Å². The van der Waals surface area contributed by atoms with Crippen LogP contribution in [0.3, 0.4) is 0 Å². The first-order valence-corrected chi connectivity index (χ1v) is 48.8. The Bertz CT molecular complexity index is 2100. The first-order chi connectivity index (χ1) is 52.2. The van der Waals surface area contributed by atoms with Gasteiger partial charge in [0.1, 0.15) is 19.3 Å². The number of phosphoric acid groups is 2. The number of hydrogen-bond donors (Lipinski definition) is 3. The van der Waals surface area contributed by atoms with E-state index in [1.165, 1.54) is 263 Å². The van der Waals surface area contributed by atoms with Gasteiger partial charge in [-0.25, -0.2) is 9.13 Å². The van der Waals surface area contributed by atoms with Gasteiger partial charge >= 0.3 is 39.5 Å². The van der Waals surface area contributed by atoms with Crippen LogP contribution in [0.1, 0.15) is 466 Å². The SMILES string of the molecule is CCC(C)CCCCCCCCCCCCCCCCCCCCC(=O)OC[C@H](COP(=O)(O)OCC(O)COP(=O)(O)OC[C@@H](COC(=O)CCCCCCCCCC(C)C)OC(=O)CCCCCCCCCCCCCCCCCCCCC(C)CC)OC(=O)CCCCCCCCCCCCCC(C)C. The monoisotopic (exact) mass is 1580 g/mol. The molecule has 0 saturated heterocycles. The van der Waals surface area contributed by atoms with Gasteiger partial charge in [-0.15, -0.1) is 0 Å². The summed E-state index contributed by atoms with van der Waals surface area (Å²) in [4.78, 5) is 73.3. The molecule has 0 heterocycles. The van der Waals surface area contributed by atoms with Crippen LogP contribution in [0.2, 0.25) is 0 Å². The zero-order chi connectivity index (χ0) is 79.5. The van der Waals surface area contributed by atoms with E-state index in [9.17, 15) is 43.2 Å². The smallest absolute Gasteiger partial charge is 0.462 e. The Morgan fingerprint density at radius 2 is 0.444 bits per heavy atom. The number of carbonyl (C=O) groups is 4. The molecule has 0 radical (unpaired) electrons. The summed E-state index contributed by atoms with van der Waals surface area (Å²) < 4.78 is 68.9. The highest BCUT2D eigenvalue weighted by Gasteiger charge is 2.31. The molecule has 0 amide bonds. The van der Waals surface area contributed by atoms with Crippen molar-refractivity contribution in [3.8, 4) is 0 Å². The average molecular weight is 1580 g/mol. The number of rotatable bonds is 86. The molecule has 0 spiro atoms. The zero-order valence-corrected chi connectivity index (χ0v) is 73.3. The molecular weight excluding hydrogens is 1400 g/mol. The van der Waals surface area contributed by atoms with Gasteiger partial charge in [-0.3, -0.25) is 37.3 Å². The number of aliphatic hydroxyl groups is 1. The van der Waals surface area contributed by atoms with E-state index in [-0.39, 0.29) is 25.7 Å². The van der Waals surface area contributed by atoms with E-state index < -0.39 is 97.5 Å². The molecule has 7 atom stereocenters. The molecule has 19 heteroatoms.